The van der Waals surface area contributed by atoms with E-state index in [1.807, 2.05) is 0 Å². The first kappa shape index (κ1) is 14.3. The number of methoxy groups -OCH3 is 1. The third-order valence-corrected chi connectivity index (χ3v) is 3.76. The van der Waals surface area contributed by atoms with Crippen LogP contribution in [0.4, 0.5) is 0 Å². The number of carbonyl (C=O) groups is 2. The number of rotatable bonds is 5. The van der Waals surface area contributed by atoms with Gasteiger partial charge >= 0.3 is 5.97 Å². The first-order chi connectivity index (χ1) is 9.20. The summed E-state index contributed by atoms with van der Waals surface area (Å²) in [7, 11) is 1.37. The Balaban J connectivity index is 1.68. The highest BCUT2D eigenvalue weighted by molar-refractivity contribution is 5.86. The molecule has 6 heteroatoms. The van der Waals surface area contributed by atoms with E-state index in [2.05, 4.69) is 4.90 Å². The van der Waals surface area contributed by atoms with Crippen molar-refractivity contribution >= 4 is 11.9 Å². The van der Waals surface area contributed by atoms with E-state index in [1.54, 1.807) is 4.90 Å². The fourth-order valence-corrected chi connectivity index (χ4v) is 2.62. The highest BCUT2D eigenvalue weighted by Gasteiger charge is 2.34. The van der Waals surface area contributed by atoms with E-state index < -0.39 is 0 Å². The zero-order valence-corrected chi connectivity index (χ0v) is 11.5. The van der Waals surface area contributed by atoms with E-state index in [4.69, 9.17) is 9.47 Å². The molecular weight excluding hydrogens is 248 g/mol. The van der Waals surface area contributed by atoms with Crippen molar-refractivity contribution < 1.29 is 19.1 Å². The van der Waals surface area contributed by atoms with Crippen molar-refractivity contribution in [1.82, 2.24) is 9.80 Å². The number of esters is 1. The fraction of sp³-hybridized carbons (Fsp3) is 0.846. The Hall–Kier alpha value is -1.14. The second-order valence-corrected chi connectivity index (χ2v) is 5.07. The maximum absolute atomic E-state index is 11.8. The molecule has 6 nitrogen and oxygen atoms in total. The van der Waals surface area contributed by atoms with Gasteiger partial charge in [-0.3, -0.25) is 14.5 Å². The van der Waals surface area contributed by atoms with Crippen molar-refractivity contribution in [1.29, 1.82) is 0 Å². The second kappa shape index (κ2) is 6.86. The molecule has 2 aliphatic rings. The van der Waals surface area contributed by atoms with Gasteiger partial charge in [0, 0.05) is 39.1 Å². The molecule has 0 aliphatic carbocycles. The second-order valence-electron chi connectivity index (χ2n) is 5.07. The summed E-state index contributed by atoms with van der Waals surface area (Å²) in [5, 5.41) is 0. The van der Waals surface area contributed by atoms with Crippen molar-refractivity contribution in [3.8, 4) is 0 Å². The molecule has 108 valence electrons. The smallest absolute Gasteiger partial charge is 0.310 e. The van der Waals surface area contributed by atoms with Crippen molar-refractivity contribution in [2.75, 3.05) is 53.0 Å². The Morgan fingerprint density at radius 2 is 2.11 bits per heavy atom. The minimum Gasteiger partial charge on any atom is -0.469 e. The van der Waals surface area contributed by atoms with Gasteiger partial charge in [-0.1, -0.05) is 0 Å². The predicted molar refractivity (Wildman–Crippen MR) is 68.6 cm³/mol. The van der Waals surface area contributed by atoms with Gasteiger partial charge in [0.2, 0.25) is 5.91 Å². The molecule has 0 aromatic heterocycles. The van der Waals surface area contributed by atoms with Gasteiger partial charge < -0.3 is 14.4 Å². The number of ether oxygens (including phenoxy) is 2. The summed E-state index contributed by atoms with van der Waals surface area (Å²) < 4.78 is 9.98. The molecule has 0 aromatic rings. The van der Waals surface area contributed by atoms with Crippen LogP contribution in [-0.2, 0) is 19.1 Å². The number of likely N-dealkylation sites (tertiary alicyclic amines) is 1. The molecule has 0 radical (unpaired) electrons. The molecule has 1 atom stereocenters. The lowest BCUT2D eigenvalue weighted by atomic mass is 10.1. The Morgan fingerprint density at radius 3 is 2.79 bits per heavy atom. The first-order valence-electron chi connectivity index (χ1n) is 6.86. The summed E-state index contributed by atoms with van der Waals surface area (Å²) in [4.78, 5) is 27.3. The Bertz CT molecular complexity index is 329. The molecule has 0 spiro atoms. The lowest BCUT2D eigenvalue weighted by Gasteiger charge is -2.27. The van der Waals surface area contributed by atoms with Gasteiger partial charge in [0.05, 0.1) is 26.2 Å². The van der Waals surface area contributed by atoms with Crippen LogP contribution in [-0.4, -0.2) is 74.7 Å². The Labute approximate surface area is 113 Å². The maximum Gasteiger partial charge on any atom is 0.310 e. The summed E-state index contributed by atoms with van der Waals surface area (Å²) >= 11 is 0. The molecule has 2 fully saturated rings. The number of nitrogens with zero attached hydrogens (tertiary/aromatic N) is 2. The number of morpholine rings is 1. The van der Waals surface area contributed by atoms with E-state index in [1.165, 1.54) is 7.11 Å². The largest absolute Gasteiger partial charge is 0.469 e. The normalized spacial score (nSPS) is 24.8. The molecular formula is C13H22N2O4. The predicted octanol–water partition coefficient (Wildman–Crippen LogP) is -0.270. The number of hydrogen-bond donors (Lipinski definition) is 0. The minimum atomic E-state index is -0.277. The van der Waals surface area contributed by atoms with Gasteiger partial charge in [-0.15, -0.1) is 0 Å². The van der Waals surface area contributed by atoms with E-state index in [-0.39, 0.29) is 17.8 Å². The number of hydrogen-bond acceptors (Lipinski definition) is 5. The highest BCUT2D eigenvalue weighted by atomic mass is 16.5. The van der Waals surface area contributed by atoms with E-state index in [9.17, 15) is 9.59 Å². The van der Waals surface area contributed by atoms with Gasteiger partial charge in [0.15, 0.2) is 0 Å². The van der Waals surface area contributed by atoms with Crippen molar-refractivity contribution in [2.24, 2.45) is 5.92 Å². The van der Waals surface area contributed by atoms with Crippen LogP contribution in [0, 0.1) is 5.92 Å². The Morgan fingerprint density at radius 1 is 1.37 bits per heavy atom. The van der Waals surface area contributed by atoms with Crippen molar-refractivity contribution in [2.45, 2.75) is 12.8 Å². The molecule has 0 unspecified atom stereocenters. The minimum absolute atomic E-state index is 0.0670. The third kappa shape index (κ3) is 3.91. The molecule has 0 N–H and O–H groups in total. The van der Waals surface area contributed by atoms with Gasteiger partial charge in [-0.05, 0) is 6.42 Å². The average molecular weight is 270 g/mol. The summed E-state index contributed by atoms with van der Waals surface area (Å²) in [6, 6.07) is 0. The first-order valence-corrected chi connectivity index (χ1v) is 6.86. The van der Waals surface area contributed by atoms with E-state index >= 15 is 0 Å². The zero-order chi connectivity index (χ0) is 13.7. The van der Waals surface area contributed by atoms with Gasteiger partial charge in [-0.2, -0.15) is 0 Å². The van der Waals surface area contributed by atoms with Gasteiger partial charge in [-0.25, -0.2) is 0 Å². The van der Waals surface area contributed by atoms with Crippen LogP contribution in [0.2, 0.25) is 0 Å². The lowest BCUT2D eigenvalue weighted by Crippen LogP contribution is -2.38. The van der Waals surface area contributed by atoms with Crippen LogP contribution < -0.4 is 0 Å². The molecule has 0 bridgehead atoms. The third-order valence-electron chi connectivity index (χ3n) is 3.76. The standard InChI is InChI=1S/C13H22N2O4/c1-18-13(17)11-9-12(16)15(10-11)4-2-3-14-5-7-19-8-6-14/h11H,2-10H2,1H3/t11-/m0/s1. The van der Waals surface area contributed by atoms with Gasteiger partial charge in [0.25, 0.3) is 0 Å². The summed E-state index contributed by atoms with van der Waals surface area (Å²) in [6.45, 7) is 5.76. The molecule has 2 rings (SSSR count). The highest BCUT2D eigenvalue weighted by Crippen LogP contribution is 2.19. The summed E-state index contributed by atoms with van der Waals surface area (Å²) in [5.41, 5.74) is 0. The fourth-order valence-electron chi connectivity index (χ4n) is 2.62. The van der Waals surface area contributed by atoms with Crippen molar-refractivity contribution in [3.05, 3.63) is 0 Å². The topological polar surface area (TPSA) is 59.1 Å². The quantitative estimate of drug-likeness (QED) is 0.644. The Kier molecular flexibility index (Phi) is 5.15. The van der Waals surface area contributed by atoms with E-state index in [0.717, 1.165) is 45.8 Å². The van der Waals surface area contributed by atoms with E-state index in [0.29, 0.717) is 13.0 Å². The van der Waals surface area contributed by atoms with Crippen molar-refractivity contribution in [3.63, 3.8) is 0 Å². The molecule has 19 heavy (non-hydrogen) atoms. The number of amides is 1. The molecule has 2 saturated heterocycles. The van der Waals surface area contributed by atoms with Crippen LogP contribution in [0.1, 0.15) is 12.8 Å². The summed E-state index contributed by atoms with van der Waals surface area (Å²) in [6.07, 6.45) is 1.24. The maximum atomic E-state index is 11.8. The summed E-state index contributed by atoms with van der Waals surface area (Å²) in [5.74, 6) is -0.484. The monoisotopic (exact) mass is 270 g/mol. The molecule has 2 aliphatic heterocycles. The van der Waals surface area contributed by atoms with Gasteiger partial charge in [0.1, 0.15) is 0 Å². The lowest BCUT2D eigenvalue weighted by molar-refractivity contribution is -0.145. The van der Waals surface area contributed by atoms with Crippen LogP contribution >= 0.6 is 0 Å². The van der Waals surface area contributed by atoms with Crippen LogP contribution in [0.25, 0.3) is 0 Å². The van der Waals surface area contributed by atoms with Crippen LogP contribution in [0.3, 0.4) is 0 Å². The average Bonchev–Trinajstić information content (AvgIpc) is 2.81. The molecule has 2 heterocycles. The molecule has 1 amide bonds. The zero-order valence-electron chi connectivity index (χ0n) is 11.5. The van der Waals surface area contributed by atoms with Crippen LogP contribution in [0.15, 0.2) is 0 Å². The van der Waals surface area contributed by atoms with Crippen LogP contribution in [0.5, 0.6) is 0 Å². The number of carbonyl (C=O) groups excluding carboxylic acids is 2. The molecule has 0 aromatic carbocycles. The SMILES string of the molecule is COC(=O)[C@H]1CC(=O)N(CCCN2CCOCC2)C1. The molecule has 0 saturated carbocycles.